The molecule has 0 amide bonds. The molecule has 0 fully saturated rings. The molecule has 0 radical (unpaired) electrons. The zero-order valence-corrected chi connectivity index (χ0v) is 11.6. The van der Waals surface area contributed by atoms with Gasteiger partial charge < -0.3 is 5.73 Å². The summed E-state index contributed by atoms with van der Waals surface area (Å²) in [5, 5.41) is 7.69. The molecule has 6 nitrogen and oxygen atoms in total. The molecule has 0 saturated heterocycles. The van der Waals surface area contributed by atoms with Crippen molar-refractivity contribution in [3.63, 3.8) is 0 Å². The zero-order chi connectivity index (χ0) is 13.3. The van der Waals surface area contributed by atoms with E-state index in [0.717, 1.165) is 11.3 Å². The summed E-state index contributed by atoms with van der Waals surface area (Å²) in [6.45, 7) is 1.64. The Bertz CT molecular complexity index is 670. The predicted molar refractivity (Wildman–Crippen MR) is 71.3 cm³/mol. The van der Waals surface area contributed by atoms with Crippen LogP contribution in [0.2, 0.25) is 5.02 Å². The van der Waals surface area contributed by atoms with Gasteiger partial charge in [0.2, 0.25) is 5.13 Å². The second kappa shape index (κ2) is 4.71. The van der Waals surface area contributed by atoms with Gasteiger partial charge in [-0.2, -0.15) is 0 Å². The molecule has 96 valence electrons. The molecule has 2 rings (SSSR count). The van der Waals surface area contributed by atoms with Crippen molar-refractivity contribution < 1.29 is 8.42 Å². The summed E-state index contributed by atoms with van der Waals surface area (Å²) in [6, 6.07) is 2.83. The van der Waals surface area contributed by atoms with Gasteiger partial charge in [0.25, 0.3) is 10.0 Å². The van der Waals surface area contributed by atoms with Gasteiger partial charge in [-0.25, -0.2) is 8.42 Å². The Morgan fingerprint density at radius 1 is 1.44 bits per heavy atom. The monoisotopic (exact) mass is 304 g/mol. The topological polar surface area (TPSA) is 98.0 Å². The van der Waals surface area contributed by atoms with E-state index in [0.29, 0.717) is 10.6 Å². The average Bonchev–Trinajstić information content (AvgIpc) is 2.75. The Morgan fingerprint density at radius 3 is 2.78 bits per heavy atom. The third-order valence-corrected chi connectivity index (χ3v) is 4.71. The van der Waals surface area contributed by atoms with Gasteiger partial charge in [-0.05, 0) is 24.6 Å². The molecule has 1 aromatic carbocycles. The van der Waals surface area contributed by atoms with E-state index in [9.17, 15) is 8.42 Å². The van der Waals surface area contributed by atoms with Crippen molar-refractivity contribution in [3.8, 4) is 0 Å². The van der Waals surface area contributed by atoms with Gasteiger partial charge in [0.15, 0.2) is 0 Å². The lowest BCUT2D eigenvalue weighted by Gasteiger charge is -2.09. The van der Waals surface area contributed by atoms with E-state index >= 15 is 0 Å². The number of benzene rings is 1. The van der Waals surface area contributed by atoms with E-state index in [1.54, 1.807) is 6.92 Å². The van der Waals surface area contributed by atoms with Gasteiger partial charge in [0.1, 0.15) is 5.51 Å². The predicted octanol–water partition coefficient (Wildman–Crippen LogP) is 1.88. The smallest absolute Gasteiger partial charge is 0.264 e. The molecule has 3 N–H and O–H groups in total. The van der Waals surface area contributed by atoms with Crippen LogP contribution in [0.3, 0.4) is 0 Å². The fourth-order valence-corrected chi connectivity index (χ4v) is 3.52. The molecule has 0 aliphatic rings. The molecule has 0 bridgehead atoms. The second-order valence-electron chi connectivity index (χ2n) is 3.49. The summed E-state index contributed by atoms with van der Waals surface area (Å²) in [7, 11) is -3.73. The van der Waals surface area contributed by atoms with Gasteiger partial charge >= 0.3 is 0 Å². The number of nitrogens with two attached hydrogens (primary N) is 1. The SMILES string of the molecule is Cc1cc(Cl)c(N)cc1S(=O)(=O)Nc1nncs1. The maximum Gasteiger partial charge on any atom is 0.264 e. The molecule has 18 heavy (non-hydrogen) atoms. The Hall–Kier alpha value is -1.38. The van der Waals surface area contributed by atoms with Crippen molar-refractivity contribution in [3.05, 3.63) is 28.2 Å². The number of rotatable bonds is 3. The molecule has 0 unspecified atom stereocenters. The second-order valence-corrected chi connectivity index (χ2v) is 6.38. The summed E-state index contributed by atoms with van der Waals surface area (Å²) in [5.74, 6) is 0. The van der Waals surface area contributed by atoms with Gasteiger partial charge in [-0.1, -0.05) is 22.9 Å². The minimum Gasteiger partial charge on any atom is -0.397 e. The molecular formula is C9H9ClN4O2S2. The number of sulfonamides is 1. The number of hydrogen-bond acceptors (Lipinski definition) is 6. The van der Waals surface area contributed by atoms with Crippen molar-refractivity contribution in [1.82, 2.24) is 10.2 Å². The lowest BCUT2D eigenvalue weighted by molar-refractivity contribution is 0.600. The van der Waals surface area contributed by atoms with Crippen molar-refractivity contribution in [1.29, 1.82) is 0 Å². The van der Waals surface area contributed by atoms with Crippen LogP contribution < -0.4 is 10.5 Å². The number of nitrogens with zero attached hydrogens (tertiary/aromatic N) is 2. The average molecular weight is 305 g/mol. The molecule has 1 heterocycles. The number of anilines is 2. The van der Waals surface area contributed by atoms with Crippen LogP contribution in [-0.4, -0.2) is 18.6 Å². The maximum absolute atomic E-state index is 12.1. The number of aryl methyl sites for hydroxylation is 1. The summed E-state index contributed by atoms with van der Waals surface area (Å²) >= 11 is 6.91. The van der Waals surface area contributed by atoms with Gasteiger partial charge in [0.05, 0.1) is 15.6 Å². The van der Waals surface area contributed by atoms with Crippen LogP contribution >= 0.6 is 22.9 Å². The number of halogens is 1. The maximum atomic E-state index is 12.1. The molecule has 1 aromatic heterocycles. The van der Waals surface area contributed by atoms with Crippen LogP contribution in [0.4, 0.5) is 10.8 Å². The van der Waals surface area contributed by atoms with Crippen LogP contribution in [0.25, 0.3) is 0 Å². The fourth-order valence-electron chi connectivity index (χ4n) is 1.35. The quantitative estimate of drug-likeness (QED) is 0.844. The molecule has 0 aliphatic heterocycles. The summed E-state index contributed by atoms with van der Waals surface area (Å²) in [4.78, 5) is 0.0691. The van der Waals surface area contributed by atoms with Crippen LogP contribution in [0, 0.1) is 6.92 Å². The van der Waals surface area contributed by atoms with Crippen molar-refractivity contribution in [2.75, 3.05) is 10.5 Å². The highest BCUT2D eigenvalue weighted by Crippen LogP contribution is 2.27. The largest absolute Gasteiger partial charge is 0.397 e. The normalized spacial score (nSPS) is 11.4. The lowest BCUT2D eigenvalue weighted by atomic mass is 10.2. The van der Waals surface area contributed by atoms with Gasteiger partial charge in [0, 0.05) is 0 Å². The third kappa shape index (κ3) is 2.55. The van der Waals surface area contributed by atoms with E-state index in [-0.39, 0.29) is 15.7 Å². The van der Waals surface area contributed by atoms with Crippen LogP contribution in [-0.2, 0) is 10.0 Å². The Balaban J connectivity index is 2.44. The molecule has 0 atom stereocenters. The van der Waals surface area contributed by atoms with Crippen LogP contribution in [0.1, 0.15) is 5.56 Å². The molecule has 2 aromatic rings. The number of aromatic nitrogens is 2. The van der Waals surface area contributed by atoms with Crippen LogP contribution in [0.5, 0.6) is 0 Å². The highest BCUT2D eigenvalue weighted by Gasteiger charge is 2.19. The minimum atomic E-state index is -3.73. The van der Waals surface area contributed by atoms with E-state index in [1.807, 2.05) is 0 Å². The first-order chi connectivity index (χ1) is 8.40. The van der Waals surface area contributed by atoms with E-state index in [2.05, 4.69) is 14.9 Å². The van der Waals surface area contributed by atoms with Crippen LogP contribution in [0.15, 0.2) is 22.5 Å². The summed E-state index contributed by atoms with van der Waals surface area (Å²) in [5.41, 5.74) is 7.76. The lowest BCUT2D eigenvalue weighted by Crippen LogP contribution is -2.14. The Labute approximate surface area is 113 Å². The van der Waals surface area contributed by atoms with Crippen molar-refractivity contribution >= 4 is 43.8 Å². The Kier molecular flexibility index (Phi) is 3.42. The van der Waals surface area contributed by atoms with Gasteiger partial charge in [-0.3, -0.25) is 4.72 Å². The van der Waals surface area contributed by atoms with E-state index in [1.165, 1.54) is 17.6 Å². The molecule has 9 heteroatoms. The highest BCUT2D eigenvalue weighted by molar-refractivity contribution is 7.93. The first-order valence-corrected chi connectivity index (χ1v) is 7.49. The summed E-state index contributed by atoms with van der Waals surface area (Å²) in [6.07, 6.45) is 0. The van der Waals surface area contributed by atoms with E-state index in [4.69, 9.17) is 17.3 Å². The van der Waals surface area contributed by atoms with Crippen molar-refractivity contribution in [2.24, 2.45) is 0 Å². The van der Waals surface area contributed by atoms with Crippen molar-refractivity contribution in [2.45, 2.75) is 11.8 Å². The first-order valence-electron chi connectivity index (χ1n) is 4.75. The molecule has 0 spiro atoms. The number of nitrogen functional groups attached to an aromatic ring is 1. The third-order valence-electron chi connectivity index (χ3n) is 2.17. The van der Waals surface area contributed by atoms with E-state index < -0.39 is 10.0 Å². The number of hydrogen-bond donors (Lipinski definition) is 2. The zero-order valence-electron chi connectivity index (χ0n) is 9.21. The fraction of sp³-hybridized carbons (Fsp3) is 0.111. The first kappa shape index (κ1) is 13.1. The standard InChI is InChI=1S/C9H9ClN4O2S2/c1-5-2-6(10)7(11)3-8(5)18(15,16)14-9-13-12-4-17-9/h2-4H,11H2,1H3,(H,13,14). The Morgan fingerprint density at radius 2 is 2.17 bits per heavy atom. The summed E-state index contributed by atoms with van der Waals surface area (Å²) < 4.78 is 26.5. The molecular weight excluding hydrogens is 296 g/mol. The number of nitrogens with one attached hydrogen (secondary N) is 1. The highest BCUT2D eigenvalue weighted by atomic mass is 35.5. The van der Waals surface area contributed by atoms with Gasteiger partial charge in [-0.15, -0.1) is 10.2 Å². The molecule has 0 aliphatic carbocycles. The minimum absolute atomic E-state index is 0.0691. The molecule has 0 saturated carbocycles.